The molecule has 156 valence electrons. The first-order valence-electron chi connectivity index (χ1n) is 9.42. The summed E-state index contributed by atoms with van der Waals surface area (Å²) in [6.45, 7) is 5.22. The van der Waals surface area contributed by atoms with Crippen LogP contribution >= 0.6 is 0 Å². The predicted molar refractivity (Wildman–Crippen MR) is 112 cm³/mol. The predicted octanol–water partition coefficient (Wildman–Crippen LogP) is 1.46. The van der Waals surface area contributed by atoms with Gasteiger partial charge in [0.1, 0.15) is 0 Å². The van der Waals surface area contributed by atoms with Crippen LogP contribution in [0, 0.1) is 0 Å². The van der Waals surface area contributed by atoms with Crippen molar-refractivity contribution in [3.8, 4) is 0 Å². The summed E-state index contributed by atoms with van der Waals surface area (Å²) in [5, 5.41) is 11.1. The number of sulfonamides is 1. The molecule has 0 spiro atoms. The van der Waals surface area contributed by atoms with Crippen molar-refractivity contribution in [2.45, 2.75) is 17.9 Å². The van der Waals surface area contributed by atoms with Crippen molar-refractivity contribution < 1.29 is 17.9 Å². The maximum absolute atomic E-state index is 12.2. The minimum absolute atomic E-state index is 0.0618. The monoisotopic (exact) mass is 418 g/mol. The number of anilines is 2. The molecule has 1 unspecified atom stereocenters. The van der Waals surface area contributed by atoms with Crippen LogP contribution in [0.4, 0.5) is 11.4 Å². The highest BCUT2D eigenvalue weighted by atomic mass is 32.2. The van der Waals surface area contributed by atoms with Crippen LogP contribution in [0.25, 0.3) is 0 Å². The van der Waals surface area contributed by atoms with E-state index in [4.69, 9.17) is 9.88 Å². The number of hydrogen-bond acceptors (Lipinski definition) is 6. The molecule has 2 aromatic rings. The Hall–Kier alpha value is -2.46. The van der Waals surface area contributed by atoms with Crippen molar-refractivity contribution >= 4 is 27.3 Å². The molecule has 9 heteroatoms. The standard InChI is InChI=1S/C20H26N4O4S/c1-15(16-2-8-19(9-3-16)29(21,26)27)22-14-20(25)23-17-4-6-18(7-5-17)24-10-12-28-13-11-24/h2-9,15,22H,10-14H2,1H3,(H,23,25)(H2,21,26,27). The molecular weight excluding hydrogens is 392 g/mol. The summed E-state index contributed by atoms with van der Waals surface area (Å²) in [4.78, 5) is 14.5. The van der Waals surface area contributed by atoms with Crippen LogP contribution in [0.1, 0.15) is 18.5 Å². The number of primary sulfonamides is 1. The van der Waals surface area contributed by atoms with Crippen LogP contribution in [-0.2, 0) is 19.6 Å². The van der Waals surface area contributed by atoms with Gasteiger partial charge < -0.3 is 20.3 Å². The van der Waals surface area contributed by atoms with E-state index in [9.17, 15) is 13.2 Å². The number of carbonyl (C=O) groups excluding carboxylic acids is 1. The third kappa shape index (κ3) is 6.01. The highest BCUT2D eigenvalue weighted by molar-refractivity contribution is 7.89. The van der Waals surface area contributed by atoms with E-state index in [1.807, 2.05) is 31.2 Å². The zero-order chi connectivity index (χ0) is 20.9. The fraction of sp³-hybridized carbons (Fsp3) is 0.350. The van der Waals surface area contributed by atoms with Crippen LogP contribution in [0.3, 0.4) is 0 Å². The van der Waals surface area contributed by atoms with Crippen LogP contribution in [0.15, 0.2) is 53.4 Å². The molecule has 1 heterocycles. The smallest absolute Gasteiger partial charge is 0.238 e. The molecule has 1 saturated heterocycles. The zero-order valence-corrected chi connectivity index (χ0v) is 17.1. The summed E-state index contributed by atoms with van der Waals surface area (Å²) in [6, 6.07) is 13.9. The first-order chi connectivity index (χ1) is 13.8. The van der Waals surface area contributed by atoms with Gasteiger partial charge in [0.2, 0.25) is 15.9 Å². The molecule has 29 heavy (non-hydrogen) atoms. The number of nitrogens with one attached hydrogen (secondary N) is 2. The number of hydrogen-bond donors (Lipinski definition) is 3. The second-order valence-electron chi connectivity index (χ2n) is 6.91. The van der Waals surface area contributed by atoms with E-state index >= 15 is 0 Å². The average Bonchev–Trinajstić information content (AvgIpc) is 2.73. The maximum Gasteiger partial charge on any atom is 0.238 e. The Kier molecular flexibility index (Phi) is 6.86. The van der Waals surface area contributed by atoms with Crippen molar-refractivity contribution in [3.05, 3.63) is 54.1 Å². The summed E-state index contributed by atoms with van der Waals surface area (Å²) in [7, 11) is -3.71. The molecule has 8 nitrogen and oxygen atoms in total. The quantitative estimate of drug-likeness (QED) is 0.627. The molecule has 0 radical (unpaired) electrons. The molecule has 2 aromatic carbocycles. The zero-order valence-electron chi connectivity index (χ0n) is 16.3. The van der Waals surface area contributed by atoms with E-state index in [0.717, 1.165) is 43.2 Å². The van der Waals surface area contributed by atoms with Gasteiger partial charge in [-0.15, -0.1) is 0 Å². The molecule has 1 aliphatic rings. The lowest BCUT2D eigenvalue weighted by Gasteiger charge is -2.28. The van der Waals surface area contributed by atoms with Crippen molar-refractivity contribution in [2.24, 2.45) is 5.14 Å². The van der Waals surface area contributed by atoms with E-state index in [-0.39, 0.29) is 23.4 Å². The summed E-state index contributed by atoms with van der Waals surface area (Å²) < 4.78 is 28.0. The third-order valence-corrected chi connectivity index (χ3v) is 5.73. The number of amides is 1. The summed E-state index contributed by atoms with van der Waals surface area (Å²) in [5.41, 5.74) is 2.71. The molecule has 0 saturated carbocycles. The minimum atomic E-state index is -3.71. The molecule has 0 aliphatic carbocycles. The topological polar surface area (TPSA) is 114 Å². The Labute approximate surface area is 171 Å². The first-order valence-corrected chi connectivity index (χ1v) is 11.0. The van der Waals surface area contributed by atoms with E-state index in [1.54, 1.807) is 12.1 Å². The molecule has 0 aromatic heterocycles. The van der Waals surface area contributed by atoms with Gasteiger partial charge in [-0.2, -0.15) is 0 Å². The maximum atomic E-state index is 12.2. The molecule has 1 atom stereocenters. The van der Waals surface area contributed by atoms with Crippen molar-refractivity contribution in [3.63, 3.8) is 0 Å². The van der Waals surface area contributed by atoms with Crippen LogP contribution < -0.4 is 20.7 Å². The second kappa shape index (κ2) is 9.36. The Balaban J connectivity index is 1.49. The number of ether oxygens (including phenoxy) is 1. The molecule has 1 aliphatic heterocycles. The largest absolute Gasteiger partial charge is 0.378 e. The van der Waals surface area contributed by atoms with E-state index in [0.29, 0.717) is 0 Å². The van der Waals surface area contributed by atoms with E-state index < -0.39 is 10.0 Å². The Morgan fingerprint density at radius 3 is 2.31 bits per heavy atom. The Morgan fingerprint density at radius 1 is 1.10 bits per heavy atom. The van der Waals surface area contributed by atoms with E-state index in [2.05, 4.69) is 15.5 Å². The lowest BCUT2D eigenvalue weighted by molar-refractivity contribution is -0.115. The summed E-state index contributed by atoms with van der Waals surface area (Å²) in [5.74, 6) is -0.155. The Bertz CT molecular complexity index is 924. The number of morpholine rings is 1. The lowest BCUT2D eigenvalue weighted by Crippen LogP contribution is -2.36. The van der Waals surface area contributed by atoms with Gasteiger partial charge >= 0.3 is 0 Å². The Morgan fingerprint density at radius 2 is 1.72 bits per heavy atom. The number of benzene rings is 2. The van der Waals surface area contributed by atoms with Crippen molar-refractivity contribution in [2.75, 3.05) is 43.1 Å². The van der Waals surface area contributed by atoms with Crippen LogP contribution in [0.2, 0.25) is 0 Å². The lowest BCUT2D eigenvalue weighted by atomic mass is 10.1. The molecule has 1 amide bonds. The fourth-order valence-electron chi connectivity index (χ4n) is 3.09. The molecule has 1 fully saturated rings. The SMILES string of the molecule is CC(NCC(=O)Nc1ccc(N2CCOCC2)cc1)c1ccc(S(N)(=O)=O)cc1. The summed E-state index contributed by atoms with van der Waals surface area (Å²) >= 11 is 0. The van der Waals surface area contributed by atoms with E-state index in [1.165, 1.54) is 12.1 Å². The van der Waals surface area contributed by atoms with Gasteiger partial charge in [-0.05, 0) is 48.9 Å². The third-order valence-electron chi connectivity index (χ3n) is 4.80. The van der Waals surface area contributed by atoms with Gasteiger partial charge in [0.15, 0.2) is 0 Å². The highest BCUT2D eigenvalue weighted by Gasteiger charge is 2.13. The molecule has 0 bridgehead atoms. The van der Waals surface area contributed by atoms with Gasteiger partial charge in [-0.1, -0.05) is 12.1 Å². The van der Waals surface area contributed by atoms with Gasteiger partial charge in [-0.25, -0.2) is 13.6 Å². The second-order valence-corrected chi connectivity index (χ2v) is 8.47. The molecule has 3 rings (SSSR count). The van der Waals surface area contributed by atoms with Crippen LogP contribution in [-0.4, -0.2) is 47.2 Å². The van der Waals surface area contributed by atoms with Crippen molar-refractivity contribution in [1.29, 1.82) is 0 Å². The highest BCUT2D eigenvalue weighted by Crippen LogP contribution is 2.19. The first kappa shape index (κ1) is 21.3. The van der Waals surface area contributed by atoms with Gasteiger partial charge in [-0.3, -0.25) is 4.79 Å². The number of nitrogens with two attached hydrogens (primary N) is 1. The summed E-state index contributed by atoms with van der Waals surface area (Å²) in [6.07, 6.45) is 0. The minimum Gasteiger partial charge on any atom is -0.378 e. The molecular formula is C20H26N4O4S. The van der Waals surface area contributed by atoms with Gasteiger partial charge in [0.05, 0.1) is 24.7 Å². The molecule has 4 N–H and O–H groups in total. The van der Waals surface area contributed by atoms with Gasteiger partial charge in [0.25, 0.3) is 0 Å². The van der Waals surface area contributed by atoms with Crippen molar-refractivity contribution in [1.82, 2.24) is 5.32 Å². The van der Waals surface area contributed by atoms with Crippen LogP contribution in [0.5, 0.6) is 0 Å². The normalized spacial score (nSPS) is 15.7. The van der Waals surface area contributed by atoms with Gasteiger partial charge in [0, 0.05) is 30.5 Å². The number of rotatable bonds is 7. The fourth-order valence-corrected chi connectivity index (χ4v) is 3.61. The number of carbonyl (C=O) groups is 1. The number of nitrogens with zero attached hydrogens (tertiary/aromatic N) is 1. The average molecular weight is 419 g/mol.